The third kappa shape index (κ3) is 4.04. The molecule has 1 atom stereocenters. The molecule has 0 aliphatic rings. The van der Waals surface area contributed by atoms with Crippen LogP contribution in [0, 0.1) is 0 Å². The molecule has 5 heteroatoms. The number of nitrogens with zero attached hydrogens (tertiary/aromatic N) is 1. The number of likely N-dealkylation sites (N-methyl/N-ethyl adjacent to an activating group) is 1. The van der Waals surface area contributed by atoms with E-state index in [1.807, 2.05) is 36.5 Å². The third-order valence-electron chi connectivity index (χ3n) is 3.01. The van der Waals surface area contributed by atoms with E-state index in [4.69, 9.17) is 11.6 Å². The van der Waals surface area contributed by atoms with E-state index in [0.29, 0.717) is 0 Å². The monoisotopic (exact) mass is 416 g/mol. The number of hydrogen-bond donors (Lipinski definition) is 1. The highest BCUT2D eigenvalue weighted by Gasteiger charge is 2.16. The summed E-state index contributed by atoms with van der Waals surface area (Å²) in [5.41, 5.74) is 2.12. The second kappa shape index (κ2) is 7.55. The van der Waals surface area contributed by atoms with E-state index >= 15 is 0 Å². The molecule has 1 unspecified atom stereocenters. The standard InChI is InChI=1S/C15H15Br2ClN2/c1-2-19-14(15-12(17)4-3-7-20-15)8-10-5-6-11(16)9-13(10)18/h3-7,9,14,19H,2,8H2,1H3. The first-order valence-corrected chi connectivity index (χ1v) is 8.36. The van der Waals surface area contributed by atoms with Gasteiger partial charge in [-0.25, -0.2) is 0 Å². The molecule has 0 bridgehead atoms. The Balaban J connectivity index is 2.28. The van der Waals surface area contributed by atoms with Crippen LogP contribution in [0.1, 0.15) is 24.2 Å². The summed E-state index contributed by atoms with van der Waals surface area (Å²) in [7, 11) is 0. The molecule has 0 amide bonds. The summed E-state index contributed by atoms with van der Waals surface area (Å²) in [5.74, 6) is 0. The first-order chi connectivity index (χ1) is 9.61. The number of benzene rings is 1. The highest BCUT2D eigenvalue weighted by Crippen LogP contribution is 2.28. The number of halogens is 3. The van der Waals surface area contributed by atoms with E-state index in [1.165, 1.54) is 0 Å². The largest absolute Gasteiger partial charge is 0.309 e. The smallest absolute Gasteiger partial charge is 0.0718 e. The Labute approximate surface area is 141 Å². The fourth-order valence-corrected chi connectivity index (χ4v) is 3.36. The Kier molecular flexibility index (Phi) is 6.02. The van der Waals surface area contributed by atoms with Gasteiger partial charge in [-0.3, -0.25) is 4.98 Å². The molecule has 20 heavy (non-hydrogen) atoms. The minimum absolute atomic E-state index is 0.134. The van der Waals surface area contributed by atoms with Crippen molar-refractivity contribution in [2.24, 2.45) is 0 Å². The van der Waals surface area contributed by atoms with Crippen molar-refractivity contribution in [3.8, 4) is 0 Å². The summed E-state index contributed by atoms with van der Waals surface area (Å²) >= 11 is 13.3. The quantitative estimate of drug-likeness (QED) is 0.726. The Hall–Kier alpha value is -0.420. The fourth-order valence-electron chi connectivity index (χ4n) is 2.07. The summed E-state index contributed by atoms with van der Waals surface area (Å²) in [4.78, 5) is 4.48. The van der Waals surface area contributed by atoms with Gasteiger partial charge in [-0.05, 0) is 58.7 Å². The van der Waals surface area contributed by atoms with Gasteiger partial charge in [0.05, 0.1) is 11.7 Å². The van der Waals surface area contributed by atoms with Gasteiger partial charge < -0.3 is 5.32 Å². The van der Waals surface area contributed by atoms with Gasteiger partial charge in [-0.15, -0.1) is 0 Å². The highest BCUT2D eigenvalue weighted by atomic mass is 79.9. The van der Waals surface area contributed by atoms with Gasteiger partial charge in [0.25, 0.3) is 0 Å². The van der Waals surface area contributed by atoms with Gasteiger partial charge in [0.1, 0.15) is 0 Å². The van der Waals surface area contributed by atoms with Gasteiger partial charge in [-0.1, -0.05) is 40.5 Å². The van der Waals surface area contributed by atoms with Gasteiger partial charge in [0.2, 0.25) is 0 Å². The average molecular weight is 419 g/mol. The molecular formula is C15H15Br2ClN2. The van der Waals surface area contributed by atoms with Gasteiger partial charge in [0.15, 0.2) is 0 Å². The van der Waals surface area contributed by atoms with Crippen LogP contribution in [0.25, 0.3) is 0 Å². The lowest BCUT2D eigenvalue weighted by Gasteiger charge is -2.19. The molecule has 1 aromatic carbocycles. The van der Waals surface area contributed by atoms with Crippen molar-refractivity contribution in [3.05, 3.63) is 61.8 Å². The summed E-state index contributed by atoms with van der Waals surface area (Å²) in [6.45, 7) is 2.97. The van der Waals surface area contributed by atoms with Crippen molar-refractivity contribution in [3.63, 3.8) is 0 Å². The Morgan fingerprint density at radius 3 is 2.75 bits per heavy atom. The molecule has 0 radical (unpaired) electrons. The number of hydrogen-bond acceptors (Lipinski definition) is 2. The van der Waals surface area contributed by atoms with Gasteiger partial charge in [0, 0.05) is 20.2 Å². The normalized spacial score (nSPS) is 12.4. The maximum absolute atomic E-state index is 6.31. The molecule has 0 saturated heterocycles. The van der Waals surface area contributed by atoms with Crippen LogP contribution in [0.15, 0.2) is 45.5 Å². The van der Waals surface area contributed by atoms with Crippen molar-refractivity contribution in [1.82, 2.24) is 10.3 Å². The molecule has 0 spiro atoms. The molecule has 2 rings (SSSR count). The highest BCUT2D eigenvalue weighted by molar-refractivity contribution is 9.10. The van der Waals surface area contributed by atoms with Crippen LogP contribution < -0.4 is 5.32 Å². The molecule has 2 nitrogen and oxygen atoms in total. The summed E-state index contributed by atoms with van der Waals surface area (Å²) in [5, 5.41) is 4.24. The summed E-state index contributed by atoms with van der Waals surface area (Å²) in [6, 6.07) is 10.0. The molecule has 106 valence electrons. The molecule has 1 N–H and O–H groups in total. The van der Waals surface area contributed by atoms with E-state index in [1.54, 1.807) is 0 Å². The van der Waals surface area contributed by atoms with Crippen molar-refractivity contribution in [1.29, 1.82) is 0 Å². The molecule has 1 aromatic heterocycles. The second-order valence-electron chi connectivity index (χ2n) is 4.42. The Bertz CT molecular complexity index is 590. The van der Waals surface area contributed by atoms with Crippen LogP contribution in [0.5, 0.6) is 0 Å². The average Bonchev–Trinajstić information content (AvgIpc) is 2.42. The van der Waals surface area contributed by atoms with E-state index in [-0.39, 0.29) is 6.04 Å². The molecular weight excluding hydrogens is 403 g/mol. The summed E-state index contributed by atoms with van der Waals surface area (Å²) in [6.07, 6.45) is 2.61. The van der Waals surface area contributed by atoms with Crippen molar-refractivity contribution in [2.75, 3.05) is 6.54 Å². The Morgan fingerprint density at radius 2 is 2.10 bits per heavy atom. The molecule has 0 saturated carbocycles. The van der Waals surface area contributed by atoms with E-state index in [9.17, 15) is 0 Å². The summed E-state index contributed by atoms with van der Waals surface area (Å²) < 4.78 is 2.00. The lowest BCUT2D eigenvalue weighted by Crippen LogP contribution is -2.24. The molecule has 0 fully saturated rings. The predicted octanol–water partition coefficient (Wildman–Crippen LogP) is 5.15. The minimum Gasteiger partial charge on any atom is -0.309 e. The van der Waals surface area contributed by atoms with Crippen LogP contribution in [0.3, 0.4) is 0 Å². The minimum atomic E-state index is 0.134. The lowest BCUT2D eigenvalue weighted by atomic mass is 10.0. The Morgan fingerprint density at radius 1 is 1.30 bits per heavy atom. The number of aromatic nitrogens is 1. The van der Waals surface area contributed by atoms with Crippen LogP contribution in [-0.2, 0) is 6.42 Å². The lowest BCUT2D eigenvalue weighted by molar-refractivity contribution is 0.534. The van der Waals surface area contributed by atoms with Crippen LogP contribution in [0.4, 0.5) is 0 Å². The molecule has 2 aromatic rings. The first-order valence-electron chi connectivity index (χ1n) is 6.39. The van der Waals surface area contributed by atoms with Gasteiger partial charge >= 0.3 is 0 Å². The molecule has 0 aliphatic heterocycles. The molecule has 0 aliphatic carbocycles. The SMILES string of the molecule is CCNC(Cc1ccc(Br)cc1Cl)c1ncccc1Br. The van der Waals surface area contributed by atoms with Crippen molar-refractivity contribution in [2.45, 2.75) is 19.4 Å². The zero-order chi connectivity index (χ0) is 14.5. The van der Waals surface area contributed by atoms with Crippen LogP contribution in [0.2, 0.25) is 5.02 Å². The number of rotatable bonds is 5. The topological polar surface area (TPSA) is 24.9 Å². The maximum atomic E-state index is 6.31. The molecule has 1 heterocycles. The van der Waals surface area contributed by atoms with Crippen LogP contribution in [-0.4, -0.2) is 11.5 Å². The second-order valence-corrected chi connectivity index (χ2v) is 6.60. The zero-order valence-electron chi connectivity index (χ0n) is 11.0. The van der Waals surface area contributed by atoms with E-state index in [2.05, 4.69) is 49.1 Å². The third-order valence-corrected chi connectivity index (χ3v) is 4.52. The number of pyridine rings is 1. The predicted molar refractivity (Wildman–Crippen MR) is 91.2 cm³/mol. The van der Waals surface area contributed by atoms with Crippen molar-refractivity contribution >= 4 is 43.5 Å². The number of nitrogens with one attached hydrogen (secondary N) is 1. The van der Waals surface area contributed by atoms with Gasteiger partial charge in [-0.2, -0.15) is 0 Å². The maximum Gasteiger partial charge on any atom is 0.0718 e. The van der Waals surface area contributed by atoms with Crippen LogP contribution >= 0.6 is 43.5 Å². The van der Waals surface area contributed by atoms with Crippen molar-refractivity contribution < 1.29 is 0 Å². The zero-order valence-corrected chi connectivity index (χ0v) is 15.0. The van der Waals surface area contributed by atoms with E-state index in [0.717, 1.165) is 38.2 Å². The van der Waals surface area contributed by atoms with E-state index < -0.39 is 0 Å². The first kappa shape index (κ1) is 16.0. The fraction of sp³-hybridized carbons (Fsp3) is 0.267.